The standard InChI is InChI=1S/C18H28N2O3/c1-4-14(2)18(21)19-13-17(20-9-11-23-12-10-20)15-5-7-16(22-3)8-6-15/h5-8,14,17H,4,9-13H2,1-3H3,(H,19,21). The normalized spacial score (nSPS) is 18.2. The predicted molar refractivity (Wildman–Crippen MR) is 90.6 cm³/mol. The van der Waals surface area contributed by atoms with Crippen LogP contribution >= 0.6 is 0 Å². The van der Waals surface area contributed by atoms with Crippen molar-refractivity contribution in [2.75, 3.05) is 40.0 Å². The summed E-state index contributed by atoms with van der Waals surface area (Å²) in [6.07, 6.45) is 0.858. The summed E-state index contributed by atoms with van der Waals surface area (Å²) >= 11 is 0. The molecule has 1 aliphatic rings. The van der Waals surface area contributed by atoms with Crippen LogP contribution in [0.2, 0.25) is 0 Å². The average molecular weight is 320 g/mol. The van der Waals surface area contributed by atoms with Crippen LogP contribution < -0.4 is 10.1 Å². The Morgan fingerprint density at radius 3 is 2.52 bits per heavy atom. The number of nitrogens with zero attached hydrogens (tertiary/aromatic N) is 1. The number of nitrogens with one attached hydrogen (secondary N) is 1. The molecule has 0 aliphatic carbocycles. The lowest BCUT2D eigenvalue weighted by atomic mass is 10.0. The third kappa shape index (κ3) is 4.94. The maximum Gasteiger partial charge on any atom is 0.222 e. The number of hydrogen-bond donors (Lipinski definition) is 1. The summed E-state index contributed by atoms with van der Waals surface area (Å²) in [6, 6.07) is 8.26. The van der Waals surface area contributed by atoms with Crippen molar-refractivity contribution >= 4 is 5.91 Å². The molecule has 1 aromatic carbocycles. The van der Waals surface area contributed by atoms with Gasteiger partial charge in [-0.3, -0.25) is 9.69 Å². The zero-order valence-electron chi connectivity index (χ0n) is 14.4. The molecule has 2 rings (SSSR count). The Morgan fingerprint density at radius 1 is 1.30 bits per heavy atom. The first kappa shape index (κ1) is 17.8. The van der Waals surface area contributed by atoms with Gasteiger partial charge in [-0.25, -0.2) is 0 Å². The fourth-order valence-electron chi connectivity index (χ4n) is 2.73. The average Bonchev–Trinajstić information content (AvgIpc) is 2.62. The van der Waals surface area contributed by atoms with Crippen LogP contribution in [-0.2, 0) is 9.53 Å². The van der Waals surface area contributed by atoms with E-state index in [1.54, 1.807) is 7.11 Å². The number of amides is 1. The van der Waals surface area contributed by atoms with E-state index in [0.29, 0.717) is 6.54 Å². The second-order valence-corrected chi connectivity index (χ2v) is 5.99. The highest BCUT2D eigenvalue weighted by molar-refractivity contribution is 5.78. The maximum absolute atomic E-state index is 12.1. The lowest BCUT2D eigenvalue weighted by molar-refractivity contribution is -0.124. The van der Waals surface area contributed by atoms with Crippen molar-refractivity contribution in [2.45, 2.75) is 26.3 Å². The van der Waals surface area contributed by atoms with Crippen LogP contribution in [0.5, 0.6) is 5.75 Å². The van der Waals surface area contributed by atoms with Gasteiger partial charge in [-0.05, 0) is 24.1 Å². The fourth-order valence-corrected chi connectivity index (χ4v) is 2.73. The van der Waals surface area contributed by atoms with E-state index in [9.17, 15) is 4.79 Å². The molecule has 1 saturated heterocycles. The summed E-state index contributed by atoms with van der Waals surface area (Å²) in [5, 5.41) is 3.11. The summed E-state index contributed by atoms with van der Waals surface area (Å²) in [5.41, 5.74) is 1.19. The minimum absolute atomic E-state index is 0.0520. The maximum atomic E-state index is 12.1. The topological polar surface area (TPSA) is 50.8 Å². The zero-order valence-corrected chi connectivity index (χ0v) is 14.4. The fraction of sp³-hybridized carbons (Fsp3) is 0.611. The Bertz CT molecular complexity index is 484. The van der Waals surface area contributed by atoms with Crippen molar-refractivity contribution in [3.63, 3.8) is 0 Å². The Morgan fingerprint density at radius 2 is 1.96 bits per heavy atom. The summed E-state index contributed by atoms with van der Waals surface area (Å²) in [6.45, 7) is 7.87. The molecule has 5 heteroatoms. The van der Waals surface area contributed by atoms with E-state index < -0.39 is 0 Å². The molecule has 1 amide bonds. The number of carbonyl (C=O) groups excluding carboxylic acids is 1. The van der Waals surface area contributed by atoms with Crippen LogP contribution in [0.15, 0.2) is 24.3 Å². The summed E-state index contributed by atoms with van der Waals surface area (Å²) in [5.74, 6) is 1.02. The van der Waals surface area contributed by atoms with Crippen molar-refractivity contribution in [2.24, 2.45) is 5.92 Å². The molecule has 128 valence electrons. The molecule has 0 spiro atoms. The molecule has 0 aromatic heterocycles. The highest BCUT2D eigenvalue weighted by atomic mass is 16.5. The molecule has 1 heterocycles. The van der Waals surface area contributed by atoms with Crippen LogP contribution in [0.25, 0.3) is 0 Å². The van der Waals surface area contributed by atoms with Crippen LogP contribution in [-0.4, -0.2) is 50.8 Å². The Labute approximate surface area is 139 Å². The molecule has 1 fully saturated rings. The molecule has 0 bridgehead atoms. The largest absolute Gasteiger partial charge is 0.497 e. The summed E-state index contributed by atoms with van der Waals surface area (Å²) in [7, 11) is 1.67. The molecular formula is C18H28N2O3. The third-order valence-corrected chi connectivity index (χ3v) is 4.52. The third-order valence-electron chi connectivity index (χ3n) is 4.52. The Balaban J connectivity index is 2.08. The number of ether oxygens (including phenoxy) is 2. The summed E-state index contributed by atoms with van der Waals surface area (Å²) < 4.78 is 10.7. The molecule has 1 aromatic rings. The molecule has 1 aliphatic heterocycles. The molecular weight excluding hydrogens is 292 g/mol. The van der Waals surface area contributed by atoms with Gasteiger partial charge in [-0.2, -0.15) is 0 Å². The first-order chi connectivity index (χ1) is 11.2. The smallest absolute Gasteiger partial charge is 0.222 e. The molecule has 0 radical (unpaired) electrons. The predicted octanol–water partition coefficient (Wildman–Crippen LogP) is 2.23. The number of methoxy groups -OCH3 is 1. The zero-order chi connectivity index (χ0) is 16.7. The minimum Gasteiger partial charge on any atom is -0.497 e. The lowest BCUT2D eigenvalue weighted by Gasteiger charge is -2.35. The van der Waals surface area contributed by atoms with Crippen molar-refractivity contribution in [3.8, 4) is 5.75 Å². The lowest BCUT2D eigenvalue weighted by Crippen LogP contribution is -2.44. The van der Waals surface area contributed by atoms with Crippen LogP contribution in [0, 0.1) is 5.92 Å². The second kappa shape index (κ2) is 8.89. The molecule has 0 saturated carbocycles. The molecule has 2 unspecified atom stereocenters. The van der Waals surface area contributed by atoms with E-state index in [0.717, 1.165) is 38.5 Å². The van der Waals surface area contributed by atoms with Crippen LogP contribution in [0.1, 0.15) is 31.9 Å². The van der Waals surface area contributed by atoms with E-state index in [2.05, 4.69) is 22.3 Å². The number of rotatable bonds is 7. The number of benzene rings is 1. The monoisotopic (exact) mass is 320 g/mol. The highest BCUT2D eigenvalue weighted by Gasteiger charge is 2.23. The van der Waals surface area contributed by atoms with E-state index in [1.165, 1.54) is 5.56 Å². The molecule has 5 nitrogen and oxygen atoms in total. The molecule has 1 N–H and O–H groups in total. The minimum atomic E-state index is 0.0520. The summed E-state index contributed by atoms with van der Waals surface area (Å²) in [4.78, 5) is 14.5. The van der Waals surface area contributed by atoms with E-state index in [4.69, 9.17) is 9.47 Å². The van der Waals surface area contributed by atoms with Gasteiger partial charge in [0.05, 0.1) is 26.4 Å². The van der Waals surface area contributed by atoms with Gasteiger partial charge in [0.2, 0.25) is 5.91 Å². The molecule has 2 atom stereocenters. The molecule has 23 heavy (non-hydrogen) atoms. The van der Waals surface area contributed by atoms with Gasteiger partial charge in [0.15, 0.2) is 0 Å². The Hall–Kier alpha value is -1.59. The second-order valence-electron chi connectivity index (χ2n) is 5.99. The first-order valence-corrected chi connectivity index (χ1v) is 8.39. The SMILES string of the molecule is CCC(C)C(=O)NCC(c1ccc(OC)cc1)N1CCOCC1. The van der Waals surface area contributed by atoms with E-state index >= 15 is 0 Å². The number of morpholine rings is 1. The van der Waals surface area contributed by atoms with Crippen molar-refractivity contribution in [3.05, 3.63) is 29.8 Å². The van der Waals surface area contributed by atoms with Crippen molar-refractivity contribution in [1.29, 1.82) is 0 Å². The van der Waals surface area contributed by atoms with Gasteiger partial charge in [-0.1, -0.05) is 26.0 Å². The van der Waals surface area contributed by atoms with Gasteiger partial charge < -0.3 is 14.8 Å². The van der Waals surface area contributed by atoms with Gasteiger partial charge in [0.25, 0.3) is 0 Å². The quantitative estimate of drug-likeness (QED) is 0.837. The van der Waals surface area contributed by atoms with Gasteiger partial charge in [-0.15, -0.1) is 0 Å². The number of hydrogen-bond acceptors (Lipinski definition) is 4. The van der Waals surface area contributed by atoms with E-state index in [-0.39, 0.29) is 17.9 Å². The van der Waals surface area contributed by atoms with Crippen LogP contribution in [0.4, 0.5) is 0 Å². The Kier molecular flexibility index (Phi) is 6.86. The van der Waals surface area contributed by atoms with E-state index in [1.807, 2.05) is 26.0 Å². The number of carbonyl (C=O) groups is 1. The van der Waals surface area contributed by atoms with Gasteiger partial charge in [0.1, 0.15) is 5.75 Å². The highest BCUT2D eigenvalue weighted by Crippen LogP contribution is 2.23. The first-order valence-electron chi connectivity index (χ1n) is 8.39. The van der Waals surface area contributed by atoms with Gasteiger partial charge in [0, 0.05) is 25.6 Å². The van der Waals surface area contributed by atoms with Crippen molar-refractivity contribution < 1.29 is 14.3 Å². The van der Waals surface area contributed by atoms with Gasteiger partial charge >= 0.3 is 0 Å². The van der Waals surface area contributed by atoms with Crippen LogP contribution in [0.3, 0.4) is 0 Å². The van der Waals surface area contributed by atoms with Crippen molar-refractivity contribution in [1.82, 2.24) is 10.2 Å².